The van der Waals surface area contributed by atoms with E-state index < -0.39 is 5.82 Å². The Morgan fingerprint density at radius 3 is 2.56 bits per heavy atom. The highest BCUT2D eigenvalue weighted by molar-refractivity contribution is 6.35. The van der Waals surface area contributed by atoms with E-state index >= 15 is 0 Å². The molecule has 1 heterocycles. The van der Waals surface area contributed by atoms with Gasteiger partial charge in [0.15, 0.2) is 0 Å². The molecule has 0 saturated carbocycles. The van der Waals surface area contributed by atoms with E-state index in [9.17, 15) is 14.4 Å². The number of anilines is 1. The minimum atomic E-state index is -0.520. The third kappa shape index (κ3) is 4.52. The first kappa shape index (κ1) is 19.5. The number of carbonyl (C=O) groups excluding carboxylic acids is 1. The summed E-state index contributed by atoms with van der Waals surface area (Å²) in [5.74, 6) is -0.464. The fourth-order valence-electron chi connectivity index (χ4n) is 3.21. The number of nitrogens with zero attached hydrogens (tertiary/aromatic N) is 3. The first-order valence-corrected chi connectivity index (χ1v) is 9.40. The van der Waals surface area contributed by atoms with Gasteiger partial charge in [0.05, 0.1) is 5.69 Å². The van der Waals surface area contributed by atoms with Crippen LogP contribution in [0.2, 0.25) is 10.0 Å². The molecule has 7 heteroatoms. The SMILES string of the molecule is N#Cc1c(F)cccc1N1CCN(C(=O)CCc2ccc(Cl)cc2Cl)CC1. The largest absolute Gasteiger partial charge is 0.367 e. The van der Waals surface area contributed by atoms with E-state index in [-0.39, 0.29) is 11.5 Å². The minimum absolute atomic E-state index is 0.0506. The predicted octanol–water partition coefficient (Wildman–Crippen LogP) is 4.29. The normalized spacial score (nSPS) is 14.1. The summed E-state index contributed by atoms with van der Waals surface area (Å²) in [5.41, 5.74) is 1.53. The lowest BCUT2D eigenvalue weighted by Gasteiger charge is -2.36. The van der Waals surface area contributed by atoms with Crippen LogP contribution >= 0.6 is 23.2 Å². The summed E-state index contributed by atoms with van der Waals surface area (Å²) in [6.07, 6.45) is 0.919. The van der Waals surface area contributed by atoms with Gasteiger partial charge in [-0.1, -0.05) is 35.3 Å². The maximum Gasteiger partial charge on any atom is 0.223 e. The molecule has 0 N–H and O–H groups in total. The number of hydrogen-bond donors (Lipinski definition) is 0. The number of halogens is 3. The zero-order valence-electron chi connectivity index (χ0n) is 14.6. The van der Waals surface area contributed by atoms with E-state index in [1.165, 1.54) is 6.07 Å². The van der Waals surface area contributed by atoms with Crippen LogP contribution in [0.4, 0.5) is 10.1 Å². The van der Waals surface area contributed by atoms with Crippen LogP contribution in [0.15, 0.2) is 36.4 Å². The Morgan fingerprint density at radius 2 is 1.89 bits per heavy atom. The van der Waals surface area contributed by atoms with Gasteiger partial charge in [-0.25, -0.2) is 4.39 Å². The quantitative estimate of drug-likeness (QED) is 0.762. The highest BCUT2D eigenvalue weighted by atomic mass is 35.5. The smallest absolute Gasteiger partial charge is 0.223 e. The van der Waals surface area contributed by atoms with Crippen molar-refractivity contribution in [2.24, 2.45) is 0 Å². The van der Waals surface area contributed by atoms with Crippen molar-refractivity contribution >= 4 is 34.8 Å². The van der Waals surface area contributed by atoms with E-state index in [0.29, 0.717) is 54.8 Å². The predicted molar refractivity (Wildman–Crippen MR) is 105 cm³/mol. The molecule has 1 aliphatic heterocycles. The molecular formula is C20H18Cl2FN3O. The summed E-state index contributed by atoms with van der Waals surface area (Å²) in [4.78, 5) is 16.2. The van der Waals surface area contributed by atoms with Crippen LogP contribution in [0.25, 0.3) is 0 Å². The maximum absolute atomic E-state index is 13.8. The summed E-state index contributed by atoms with van der Waals surface area (Å²) in [5, 5.41) is 10.3. The third-order valence-electron chi connectivity index (χ3n) is 4.70. The van der Waals surface area contributed by atoms with Crippen molar-refractivity contribution in [3.63, 3.8) is 0 Å². The second kappa shape index (κ2) is 8.60. The molecule has 4 nitrogen and oxygen atoms in total. The minimum Gasteiger partial charge on any atom is -0.367 e. The molecule has 0 radical (unpaired) electrons. The highest BCUT2D eigenvalue weighted by Crippen LogP contribution is 2.25. The Morgan fingerprint density at radius 1 is 1.15 bits per heavy atom. The molecule has 27 heavy (non-hydrogen) atoms. The summed E-state index contributed by atoms with van der Waals surface area (Å²) < 4.78 is 13.8. The molecule has 2 aromatic carbocycles. The van der Waals surface area contributed by atoms with Gasteiger partial charge in [0.1, 0.15) is 17.4 Å². The molecule has 0 bridgehead atoms. The van der Waals surface area contributed by atoms with Crippen molar-refractivity contribution in [3.05, 3.63) is 63.4 Å². The lowest BCUT2D eigenvalue weighted by Crippen LogP contribution is -2.49. The van der Waals surface area contributed by atoms with Crippen molar-refractivity contribution in [1.29, 1.82) is 5.26 Å². The highest BCUT2D eigenvalue weighted by Gasteiger charge is 2.23. The summed E-state index contributed by atoms with van der Waals surface area (Å²) in [6.45, 7) is 2.19. The molecular weight excluding hydrogens is 388 g/mol. The van der Waals surface area contributed by atoms with Gasteiger partial charge >= 0.3 is 0 Å². The van der Waals surface area contributed by atoms with Crippen molar-refractivity contribution < 1.29 is 9.18 Å². The van der Waals surface area contributed by atoms with Crippen molar-refractivity contribution in [2.45, 2.75) is 12.8 Å². The zero-order valence-corrected chi connectivity index (χ0v) is 16.1. The zero-order chi connectivity index (χ0) is 19.4. The number of nitriles is 1. The molecule has 0 aliphatic carbocycles. The van der Waals surface area contributed by atoms with Crippen LogP contribution in [-0.2, 0) is 11.2 Å². The summed E-state index contributed by atoms with van der Waals surface area (Å²) >= 11 is 12.0. The lowest BCUT2D eigenvalue weighted by atomic mass is 10.1. The molecule has 0 aromatic heterocycles. The molecule has 1 aliphatic rings. The van der Waals surface area contributed by atoms with E-state index in [4.69, 9.17) is 23.2 Å². The van der Waals surface area contributed by atoms with Gasteiger partial charge in [-0.05, 0) is 36.2 Å². The molecule has 0 spiro atoms. The average Bonchev–Trinajstić information content (AvgIpc) is 2.67. The lowest BCUT2D eigenvalue weighted by molar-refractivity contribution is -0.131. The second-order valence-corrected chi connectivity index (χ2v) is 7.19. The van der Waals surface area contributed by atoms with E-state index in [1.54, 1.807) is 29.2 Å². The molecule has 0 atom stereocenters. The van der Waals surface area contributed by atoms with Crippen molar-refractivity contribution in [1.82, 2.24) is 4.90 Å². The van der Waals surface area contributed by atoms with Crippen LogP contribution in [0.3, 0.4) is 0 Å². The molecule has 140 valence electrons. The van der Waals surface area contributed by atoms with E-state index in [0.717, 1.165) is 5.56 Å². The van der Waals surface area contributed by atoms with Gasteiger partial charge in [-0.3, -0.25) is 4.79 Å². The fraction of sp³-hybridized carbons (Fsp3) is 0.300. The molecule has 2 aromatic rings. The summed E-state index contributed by atoms with van der Waals surface area (Å²) in [6, 6.07) is 11.8. The standard InChI is InChI=1S/C20H18Cl2FN3O/c21-15-6-4-14(17(22)12-15)5-7-20(27)26-10-8-25(9-11-26)19-3-1-2-18(23)16(19)13-24/h1-4,6,12H,5,7-11H2. The van der Waals surface area contributed by atoms with Gasteiger partial charge in [0, 0.05) is 42.6 Å². The number of hydrogen-bond acceptors (Lipinski definition) is 3. The average molecular weight is 406 g/mol. The first-order chi connectivity index (χ1) is 13.0. The Bertz CT molecular complexity index is 889. The molecule has 1 saturated heterocycles. The number of carbonyl (C=O) groups is 1. The second-order valence-electron chi connectivity index (χ2n) is 6.35. The van der Waals surface area contributed by atoms with Gasteiger partial charge in [0.2, 0.25) is 5.91 Å². The number of benzene rings is 2. The topological polar surface area (TPSA) is 47.3 Å². The number of aryl methyl sites for hydroxylation is 1. The van der Waals surface area contributed by atoms with Crippen LogP contribution in [0, 0.1) is 17.1 Å². The first-order valence-electron chi connectivity index (χ1n) is 8.65. The number of rotatable bonds is 4. The molecule has 1 fully saturated rings. The van der Waals surface area contributed by atoms with Gasteiger partial charge < -0.3 is 9.80 Å². The monoisotopic (exact) mass is 405 g/mol. The Balaban J connectivity index is 1.57. The van der Waals surface area contributed by atoms with Crippen LogP contribution in [0.5, 0.6) is 0 Å². The maximum atomic E-state index is 13.8. The molecule has 1 amide bonds. The van der Waals surface area contributed by atoms with Crippen LogP contribution in [-0.4, -0.2) is 37.0 Å². The van der Waals surface area contributed by atoms with Crippen LogP contribution < -0.4 is 4.90 Å². The Hall–Kier alpha value is -2.29. The summed E-state index contributed by atoms with van der Waals surface area (Å²) in [7, 11) is 0. The fourth-order valence-corrected chi connectivity index (χ4v) is 3.71. The molecule has 0 unspecified atom stereocenters. The van der Waals surface area contributed by atoms with Crippen molar-refractivity contribution in [3.8, 4) is 6.07 Å². The number of piperazine rings is 1. The van der Waals surface area contributed by atoms with Gasteiger partial charge in [0.25, 0.3) is 0 Å². The Kier molecular flexibility index (Phi) is 6.20. The van der Waals surface area contributed by atoms with Crippen molar-refractivity contribution in [2.75, 3.05) is 31.1 Å². The number of amides is 1. The van der Waals surface area contributed by atoms with Gasteiger partial charge in [-0.15, -0.1) is 0 Å². The van der Waals surface area contributed by atoms with Crippen LogP contribution in [0.1, 0.15) is 17.5 Å². The van der Waals surface area contributed by atoms with E-state index in [1.807, 2.05) is 17.0 Å². The third-order valence-corrected chi connectivity index (χ3v) is 5.29. The Labute approximate surface area is 167 Å². The molecule has 3 rings (SSSR count). The van der Waals surface area contributed by atoms with E-state index in [2.05, 4.69) is 0 Å². The van der Waals surface area contributed by atoms with Gasteiger partial charge in [-0.2, -0.15) is 5.26 Å².